The third kappa shape index (κ3) is 3.74. The fourth-order valence-electron chi connectivity index (χ4n) is 1.68. The maximum atomic E-state index is 12.1. The Morgan fingerprint density at radius 2 is 1.88 bits per heavy atom. The summed E-state index contributed by atoms with van der Waals surface area (Å²) in [5, 5.41) is 2.93. The van der Waals surface area contributed by atoms with Gasteiger partial charge < -0.3 is 11.1 Å². The van der Waals surface area contributed by atoms with E-state index in [4.69, 9.17) is 18.0 Å². The molecule has 0 radical (unpaired) electrons. The average molecular weight is 244 g/mol. The summed E-state index contributed by atoms with van der Waals surface area (Å²) < 4.78 is 0. The van der Waals surface area contributed by atoms with Crippen LogP contribution in [0.5, 0.6) is 0 Å². The second-order valence-electron chi connectivity index (χ2n) is 4.59. The number of nitrogens with one attached hydrogen (secondary N) is 1. The van der Waals surface area contributed by atoms with Gasteiger partial charge in [0.15, 0.2) is 0 Å². The van der Waals surface area contributed by atoms with Gasteiger partial charge in [-0.25, -0.2) is 0 Å². The van der Waals surface area contributed by atoms with E-state index < -0.39 is 5.41 Å². The fourth-order valence-corrected chi connectivity index (χ4v) is 2.06. The van der Waals surface area contributed by atoms with Gasteiger partial charge in [-0.1, -0.05) is 39.9 Å². The molecular formula is C12H24N2OS. The summed E-state index contributed by atoms with van der Waals surface area (Å²) in [5.41, 5.74) is 5.04. The van der Waals surface area contributed by atoms with Gasteiger partial charge in [0.2, 0.25) is 5.91 Å². The highest BCUT2D eigenvalue weighted by Crippen LogP contribution is 2.27. The lowest BCUT2D eigenvalue weighted by Crippen LogP contribution is -2.48. The van der Waals surface area contributed by atoms with Crippen molar-refractivity contribution >= 4 is 23.1 Å². The summed E-state index contributed by atoms with van der Waals surface area (Å²) in [4.78, 5) is 12.4. The van der Waals surface area contributed by atoms with Gasteiger partial charge in [0.05, 0.1) is 10.4 Å². The van der Waals surface area contributed by atoms with Gasteiger partial charge in [-0.3, -0.25) is 4.79 Å². The van der Waals surface area contributed by atoms with Crippen LogP contribution in [-0.4, -0.2) is 17.4 Å². The third-order valence-corrected chi connectivity index (χ3v) is 3.51. The average Bonchev–Trinajstić information content (AvgIpc) is 2.19. The quantitative estimate of drug-likeness (QED) is 0.675. The summed E-state index contributed by atoms with van der Waals surface area (Å²) in [6.45, 7) is 8.86. The number of carbonyl (C=O) groups is 1. The maximum Gasteiger partial charge on any atom is 0.233 e. The zero-order valence-electron chi connectivity index (χ0n) is 10.8. The van der Waals surface area contributed by atoms with E-state index in [0.717, 1.165) is 6.42 Å². The van der Waals surface area contributed by atoms with Crippen LogP contribution in [0.4, 0.5) is 0 Å². The molecule has 0 aliphatic rings. The minimum Gasteiger partial charge on any atom is -0.392 e. The van der Waals surface area contributed by atoms with E-state index in [1.165, 1.54) is 0 Å². The van der Waals surface area contributed by atoms with Gasteiger partial charge in [0.25, 0.3) is 0 Å². The van der Waals surface area contributed by atoms with E-state index >= 15 is 0 Å². The zero-order valence-corrected chi connectivity index (χ0v) is 11.6. The Morgan fingerprint density at radius 3 is 2.19 bits per heavy atom. The molecule has 4 heteroatoms. The van der Waals surface area contributed by atoms with Gasteiger partial charge in [-0.2, -0.15) is 0 Å². The van der Waals surface area contributed by atoms with Gasteiger partial charge >= 0.3 is 0 Å². The van der Waals surface area contributed by atoms with Crippen molar-refractivity contribution in [1.82, 2.24) is 5.32 Å². The Balaban J connectivity index is 4.46. The van der Waals surface area contributed by atoms with Crippen molar-refractivity contribution in [3.8, 4) is 0 Å². The molecule has 0 atom stereocenters. The lowest BCUT2D eigenvalue weighted by Gasteiger charge is -2.29. The van der Waals surface area contributed by atoms with Crippen LogP contribution in [0.15, 0.2) is 0 Å². The van der Waals surface area contributed by atoms with Crippen LogP contribution in [0, 0.1) is 11.3 Å². The molecule has 0 unspecified atom stereocenters. The predicted molar refractivity (Wildman–Crippen MR) is 72.3 cm³/mol. The third-order valence-electron chi connectivity index (χ3n) is 3.12. The normalized spacial score (nSPS) is 11.6. The second kappa shape index (κ2) is 6.84. The summed E-state index contributed by atoms with van der Waals surface area (Å²) in [5.74, 6) is 0.563. The van der Waals surface area contributed by atoms with Crippen LogP contribution in [0.1, 0.15) is 47.0 Å². The molecule has 0 fully saturated rings. The molecule has 0 heterocycles. The highest BCUT2D eigenvalue weighted by molar-refractivity contribution is 7.80. The van der Waals surface area contributed by atoms with Crippen molar-refractivity contribution in [2.45, 2.75) is 47.0 Å². The number of carbonyl (C=O) groups excluding carboxylic acids is 1. The predicted octanol–water partition coefficient (Wildman–Crippen LogP) is 2.24. The lowest BCUT2D eigenvalue weighted by molar-refractivity contribution is -0.127. The molecule has 0 rings (SSSR count). The molecule has 94 valence electrons. The molecular weight excluding hydrogens is 220 g/mol. The van der Waals surface area contributed by atoms with Gasteiger partial charge in [-0.15, -0.1) is 0 Å². The number of hydrogen-bond donors (Lipinski definition) is 2. The van der Waals surface area contributed by atoms with Crippen LogP contribution < -0.4 is 11.1 Å². The second-order valence-corrected chi connectivity index (χ2v) is 5.03. The first-order valence-electron chi connectivity index (χ1n) is 5.98. The van der Waals surface area contributed by atoms with E-state index in [0.29, 0.717) is 30.3 Å². The maximum absolute atomic E-state index is 12.1. The largest absolute Gasteiger partial charge is 0.392 e. The summed E-state index contributed by atoms with van der Waals surface area (Å²) in [6, 6.07) is 0. The van der Waals surface area contributed by atoms with Crippen molar-refractivity contribution < 1.29 is 4.79 Å². The Labute approximate surface area is 104 Å². The first-order valence-corrected chi connectivity index (χ1v) is 6.39. The molecule has 1 amide bonds. The van der Waals surface area contributed by atoms with Crippen LogP contribution in [0.3, 0.4) is 0 Å². The van der Waals surface area contributed by atoms with Crippen LogP contribution in [0.25, 0.3) is 0 Å². The van der Waals surface area contributed by atoms with E-state index in [-0.39, 0.29) is 5.91 Å². The van der Waals surface area contributed by atoms with Crippen LogP contribution in [-0.2, 0) is 4.79 Å². The molecule has 0 aromatic heterocycles. The van der Waals surface area contributed by atoms with Crippen LogP contribution >= 0.6 is 12.2 Å². The van der Waals surface area contributed by atoms with Crippen molar-refractivity contribution in [3.63, 3.8) is 0 Å². The number of nitrogens with two attached hydrogens (primary N) is 1. The van der Waals surface area contributed by atoms with Crippen molar-refractivity contribution in [2.75, 3.05) is 6.54 Å². The molecule has 0 saturated heterocycles. The minimum atomic E-state index is -0.660. The molecule has 0 saturated carbocycles. The molecule has 0 aliphatic carbocycles. The monoisotopic (exact) mass is 244 g/mol. The molecule has 0 aliphatic heterocycles. The molecule has 0 aromatic carbocycles. The van der Waals surface area contributed by atoms with Crippen molar-refractivity contribution in [1.29, 1.82) is 0 Å². The van der Waals surface area contributed by atoms with Gasteiger partial charge in [0, 0.05) is 6.54 Å². The zero-order chi connectivity index (χ0) is 12.8. The Bertz CT molecular complexity index is 247. The highest BCUT2D eigenvalue weighted by atomic mass is 32.1. The molecule has 3 nitrogen and oxygen atoms in total. The SMILES string of the molecule is CCC(CC)(C(=O)NCCC(C)C)C(N)=S. The smallest absolute Gasteiger partial charge is 0.233 e. The number of amides is 1. The van der Waals surface area contributed by atoms with E-state index in [2.05, 4.69) is 19.2 Å². The Hall–Kier alpha value is -0.640. The topological polar surface area (TPSA) is 55.1 Å². The molecule has 3 N–H and O–H groups in total. The van der Waals surface area contributed by atoms with Crippen molar-refractivity contribution in [3.05, 3.63) is 0 Å². The molecule has 0 aromatic rings. The van der Waals surface area contributed by atoms with Gasteiger partial charge in [0.1, 0.15) is 0 Å². The Kier molecular flexibility index (Phi) is 6.56. The van der Waals surface area contributed by atoms with Crippen molar-refractivity contribution in [2.24, 2.45) is 17.1 Å². The fraction of sp³-hybridized carbons (Fsp3) is 0.833. The van der Waals surface area contributed by atoms with E-state index in [1.54, 1.807) is 0 Å². The number of rotatable bonds is 7. The van der Waals surface area contributed by atoms with Gasteiger partial charge in [-0.05, 0) is 25.2 Å². The first kappa shape index (κ1) is 15.4. The summed E-state index contributed by atoms with van der Waals surface area (Å²) in [6.07, 6.45) is 2.30. The van der Waals surface area contributed by atoms with E-state index in [1.807, 2.05) is 13.8 Å². The Morgan fingerprint density at radius 1 is 1.38 bits per heavy atom. The number of hydrogen-bond acceptors (Lipinski definition) is 2. The molecule has 16 heavy (non-hydrogen) atoms. The molecule has 0 bridgehead atoms. The summed E-state index contributed by atoms with van der Waals surface area (Å²) in [7, 11) is 0. The standard InChI is InChI=1S/C12H24N2OS/c1-5-12(6-2,10(13)16)11(15)14-8-7-9(3)4/h9H,5-8H2,1-4H3,(H2,13,16)(H,14,15). The van der Waals surface area contributed by atoms with Crippen LogP contribution in [0.2, 0.25) is 0 Å². The lowest BCUT2D eigenvalue weighted by atomic mass is 9.81. The molecule has 0 spiro atoms. The number of thiocarbonyl (C=S) groups is 1. The highest BCUT2D eigenvalue weighted by Gasteiger charge is 2.37. The minimum absolute atomic E-state index is 0.0225. The first-order chi connectivity index (χ1) is 7.40. The summed E-state index contributed by atoms with van der Waals surface area (Å²) >= 11 is 5.02. The van der Waals surface area contributed by atoms with E-state index in [9.17, 15) is 4.79 Å².